The second kappa shape index (κ2) is 21.5. The maximum absolute atomic E-state index is 7.01. The molecule has 0 saturated heterocycles. The predicted molar refractivity (Wildman–Crippen MR) is 290 cm³/mol. The topological polar surface area (TPSA) is 142 Å². The summed E-state index contributed by atoms with van der Waals surface area (Å²) >= 11 is 0. The number of fused-ring (bicyclic) bond motifs is 20. The monoisotopic (exact) mass is 1070 g/mol. The van der Waals surface area contributed by atoms with Crippen molar-refractivity contribution in [2.45, 2.75) is 135 Å². The minimum Gasteiger partial charge on any atom is -0.489 e. The Morgan fingerprint density at radius 3 is 0.932 bits per heavy atom. The molecule has 0 atom stereocenters. The van der Waals surface area contributed by atoms with Crippen LogP contribution in [0.1, 0.15) is 111 Å². The van der Waals surface area contributed by atoms with Gasteiger partial charge in [-0.15, -0.1) is 0 Å². The van der Waals surface area contributed by atoms with Crippen LogP contribution in [0.2, 0.25) is 0 Å². The largest absolute Gasteiger partial charge is 2.00 e. The molecule has 0 radical (unpaired) electrons. The van der Waals surface area contributed by atoms with E-state index in [-0.39, 0.29) is 92.2 Å². The summed E-state index contributed by atoms with van der Waals surface area (Å²) in [6, 6.07) is 24.0. The van der Waals surface area contributed by atoms with Crippen LogP contribution in [0, 0.1) is 47.3 Å². The molecule has 0 aliphatic carbocycles. The van der Waals surface area contributed by atoms with Gasteiger partial charge in [-0.25, -0.2) is 9.97 Å². The fourth-order valence-electron chi connectivity index (χ4n) is 10.9. The summed E-state index contributed by atoms with van der Waals surface area (Å²) in [7, 11) is 0. The van der Waals surface area contributed by atoms with E-state index < -0.39 is 0 Å². The number of hydrogen-bond acceptors (Lipinski definition) is 10. The van der Waals surface area contributed by atoms with Gasteiger partial charge in [0, 0.05) is 44.5 Å². The minimum atomic E-state index is -0.0890. The Bertz CT molecular complexity index is 3270. The zero-order valence-electron chi connectivity index (χ0n) is 45.4. The van der Waals surface area contributed by atoms with Gasteiger partial charge in [0.25, 0.3) is 0 Å². The molecule has 0 unspecified atom stereocenters. The normalized spacial score (nSPS) is 12.7. The summed E-state index contributed by atoms with van der Waals surface area (Å²) < 4.78 is 28.0. The third-order valence-electron chi connectivity index (χ3n) is 14.0. The number of nitrogens with zero attached hydrogens (tertiary/aromatic N) is 8. The van der Waals surface area contributed by atoms with E-state index in [2.05, 4.69) is 111 Å². The Kier molecular flexibility index (Phi) is 15.7. The summed E-state index contributed by atoms with van der Waals surface area (Å²) in [5, 5.41) is 2.98. The summed E-state index contributed by atoms with van der Waals surface area (Å²) in [6.07, 6.45) is -0.338. The van der Waals surface area contributed by atoms with E-state index in [1.807, 2.05) is 72.8 Å². The Hall–Kier alpha value is -5.90. The van der Waals surface area contributed by atoms with E-state index in [9.17, 15) is 0 Å². The van der Waals surface area contributed by atoms with Crippen molar-refractivity contribution in [3.05, 3.63) is 72.8 Å². The van der Waals surface area contributed by atoms with Gasteiger partial charge >= 0.3 is 20.4 Å². The summed E-state index contributed by atoms with van der Waals surface area (Å²) in [5.74, 6) is 6.24. The van der Waals surface area contributed by atoms with Crippen LogP contribution in [0.15, 0.2) is 72.8 Å². The average Bonchev–Trinajstić information content (AvgIpc) is 4.06. The number of aromatic nitrogens is 8. The van der Waals surface area contributed by atoms with Crippen LogP contribution in [-0.4, -0.2) is 54.3 Å². The fourth-order valence-corrected chi connectivity index (χ4v) is 10.9. The van der Waals surface area contributed by atoms with Crippen molar-refractivity contribution in [1.29, 1.82) is 0 Å². The molecule has 0 saturated carbocycles. The summed E-state index contributed by atoms with van der Waals surface area (Å²) in [5.41, 5.74) is 4.68. The standard InChI is InChI=1S/C60H72N8O4.Pd/c1-29(2)49(30(3)4)69-41-25-17-21-37-45(41)57-62-53(37)61-54-38-22-18-26-42(70-50(31(5)6)32(7)8)46(38)58(63-54)65-56-40-24-20-28-44(72-52(35(13)14)36(15)16)48(40)60(67-56)68-59-47-39(55(64-57)66-59)23-19-27-43(47)71-51(33(9)10)34(11)12;/h17-36,49-52H,1-16H3;/q-2;+2. The zero-order chi connectivity index (χ0) is 51.4. The van der Waals surface area contributed by atoms with Crippen molar-refractivity contribution < 1.29 is 39.4 Å². The third-order valence-corrected chi connectivity index (χ3v) is 14.0. The SMILES string of the molecule is CC(C)C(Oc1cccc2c1-c1nc-2nc2[n-]c(nc3nc(nc4[n-]c(n1)c1cccc(OC(C(C)C)C(C)C)c41)-c1c(OC(C(C)C)C(C)C)cccc1-3)c1c(OC(C(C)C)C(C)C)cccc21)C(C)C.[Pd+2]. The van der Waals surface area contributed by atoms with Crippen molar-refractivity contribution >= 4 is 44.1 Å². The first kappa shape index (κ1) is 53.4. The molecule has 4 aromatic carbocycles. The number of ether oxygens (including phenoxy) is 4. The average molecular weight is 1080 g/mol. The van der Waals surface area contributed by atoms with Gasteiger partial charge in [-0.1, -0.05) is 159 Å². The second-order valence-electron chi connectivity index (χ2n) is 22.5. The van der Waals surface area contributed by atoms with Gasteiger partial charge in [-0.3, -0.25) is 0 Å². The summed E-state index contributed by atoms with van der Waals surface area (Å²) in [4.78, 5) is 42.7. The van der Waals surface area contributed by atoms with Gasteiger partial charge in [-0.05, 0) is 82.4 Å². The fraction of sp³-hybridized carbons (Fsp3) is 0.467. The molecule has 13 heteroatoms. The smallest absolute Gasteiger partial charge is 0.489 e. The first-order valence-electron chi connectivity index (χ1n) is 26.2. The van der Waals surface area contributed by atoms with E-state index in [0.717, 1.165) is 43.8 Å². The van der Waals surface area contributed by atoms with Gasteiger partial charge in [0.1, 0.15) is 47.4 Å². The Morgan fingerprint density at radius 1 is 0.315 bits per heavy atom. The van der Waals surface area contributed by atoms with Gasteiger partial charge in [0.15, 0.2) is 0 Å². The van der Waals surface area contributed by atoms with Crippen LogP contribution in [-0.2, 0) is 20.4 Å². The molecular weight excluding hydrogens is 1000 g/mol. The minimum absolute atomic E-state index is 0. The molecule has 0 N–H and O–H groups in total. The third kappa shape index (κ3) is 10.3. The maximum atomic E-state index is 7.01. The molecule has 8 bridgehead atoms. The zero-order valence-corrected chi connectivity index (χ0v) is 46.9. The number of hydrogen-bond donors (Lipinski definition) is 0. The van der Waals surface area contributed by atoms with Crippen LogP contribution >= 0.6 is 0 Å². The molecule has 2 aliphatic heterocycles. The maximum Gasteiger partial charge on any atom is 2.00 e. The molecule has 9 rings (SSSR count). The van der Waals surface area contributed by atoms with E-state index >= 15 is 0 Å². The molecule has 386 valence electrons. The first-order chi connectivity index (χ1) is 34.3. The molecule has 73 heavy (non-hydrogen) atoms. The van der Waals surface area contributed by atoms with Crippen LogP contribution < -0.4 is 28.9 Å². The van der Waals surface area contributed by atoms with E-state index in [1.54, 1.807) is 0 Å². The number of rotatable bonds is 16. The van der Waals surface area contributed by atoms with Crippen LogP contribution in [0.3, 0.4) is 0 Å². The van der Waals surface area contributed by atoms with Crippen molar-refractivity contribution in [2.75, 3.05) is 0 Å². The van der Waals surface area contributed by atoms with E-state index in [1.165, 1.54) is 0 Å². The van der Waals surface area contributed by atoms with Gasteiger partial charge in [0.05, 0.1) is 34.4 Å². The van der Waals surface area contributed by atoms with E-state index in [4.69, 9.17) is 58.8 Å². The quantitative estimate of drug-likeness (QED) is 0.0850. The van der Waals surface area contributed by atoms with Gasteiger partial charge < -0.3 is 48.9 Å². The molecule has 0 fully saturated rings. The van der Waals surface area contributed by atoms with Crippen molar-refractivity contribution in [3.63, 3.8) is 0 Å². The molecule has 12 nitrogen and oxygen atoms in total. The molecule has 3 aromatic heterocycles. The summed E-state index contributed by atoms with van der Waals surface area (Å²) in [6.45, 7) is 35.0. The molecule has 0 spiro atoms. The van der Waals surface area contributed by atoms with E-state index in [0.29, 0.717) is 68.9 Å². The Morgan fingerprint density at radius 2 is 0.589 bits per heavy atom. The Balaban J connectivity index is 0.00000711. The van der Waals surface area contributed by atoms with Gasteiger partial charge in [0.2, 0.25) is 0 Å². The van der Waals surface area contributed by atoms with Crippen molar-refractivity contribution in [1.82, 2.24) is 39.9 Å². The molecule has 0 amide bonds. The second-order valence-corrected chi connectivity index (χ2v) is 22.5. The first-order valence-corrected chi connectivity index (χ1v) is 26.2. The van der Waals surface area contributed by atoms with Crippen LogP contribution in [0.4, 0.5) is 0 Å². The molecule has 5 heterocycles. The van der Waals surface area contributed by atoms with Crippen LogP contribution in [0.25, 0.3) is 89.7 Å². The molecule has 7 aromatic rings. The van der Waals surface area contributed by atoms with Crippen LogP contribution in [0.5, 0.6) is 23.0 Å². The van der Waals surface area contributed by atoms with Crippen molar-refractivity contribution in [3.8, 4) is 68.5 Å². The molecule has 2 aliphatic rings. The Labute approximate surface area is 445 Å². The van der Waals surface area contributed by atoms with Crippen molar-refractivity contribution in [2.24, 2.45) is 47.3 Å². The molecular formula is C60H72N8O4Pd. The number of benzene rings is 4. The predicted octanol–water partition coefficient (Wildman–Crippen LogP) is 14.4. The van der Waals surface area contributed by atoms with Gasteiger partial charge in [-0.2, -0.15) is 0 Å².